The fourth-order valence-electron chi connectivity index (χ4n) is 5.19. The first kappa shape index (κ1) is 31.2. The monoisotopic (exact) mass is 610 g/mol. The number of ether oxygens (including phenoxy) is 6. The highest BCUT2D eigenvalue weighted by molar-refractivity contribution is 6.02. The van der Waals surface area contributed by atoms with Gasteiger partial charge in [-0.15, -0.1) is 0 Å². The molecule has 3 aliphatic heterocycles. The van der Waals surface area contributed by atoms with Crippen LogP contribution in [0.2, 0.25) is 0 Å². The average molecular weight is 611 g/mol. The zero-order valence-electron chi connectivity index (χ0n) is 23.1. The number of methoxy groups -OCH3 is 1. The molecule has 0 saturated carbocycles. The van der Waals surface area contributed by atoms with E-state index in [2.05, 4.69) is 0 Å². The molecular formula is C28H34O15. The van der Waals surface area contributed by atoms with Crippen molar-refractivity contribution in [2.45, 2.75) is 80.9 Å². The molecule has 15 heteroatoms. The molecule has 236 valence electrons. The van der Waals surface area contributed by atoms with Crippen LogP contribution in [0.25, 0.3) is 0 Å². The summed E-state index contributed by atoms with van der Waals surface area (Å²) in [5, 5.41) is 82.0. The Morgan fingerprint density at radius 2 is 1.53 bits per heavy atom. The molecule has 0 aliphatic carbocycles. The minimum Gasteiger partial charge on any atom is -0.507 e. The maximum absolute atomic E-state index is 12.9. The molecular weight excluding hydrogens is 576 g/mol. The van der Waals surface area contributed by atoms with E-state index in [0.717, 1.165) is 6.07 Å². The van der Waals surface area contributed by atoms with Gasteiger partial charge < -0.3 is 69.3 Å². The first-order chi connectivity index (χ1) is 20.4. The number of aromatic hydroxyl groups is 2. The van der Waals surface area contributed by atoms with E-state index in [4.69, 9.17) is 28.4 Å². The zero-order valence-corrected chi connectivity index (χ0v) is 23.1. The van der Waals surface area contributed by atoms with E-state index in [-0.39, 0.29) is 35.0 Å². The molecule has 15 nitrogen and oxygen atoms in total. The van der Waals surface area contributed by atoms with Crippen molar-refractivity contribution in [2.75, 3.05) is 13.7 Å². The highest BCUT2D eigenvalue weighted by Crippen LogP contribution is 2.43. The number of rotatable bonds is 7. The van der Waals surface area contributed by atoms with Gasteiger partial charge in [-0.05, 0) is 24.6 Å². The summed E-state index contributed by atoms with van der Waals surface area (Å²) in [7, 11) is 1.38. The number of fused-ring (bicyclic) bond motifs is 1. The largest absolute Gasteiger partial charge is 0.507 e. The van der Waals surface area contributed by atoms with Crippen molar-refractivity contribution in [1.82, 2.24) is 0 Å². The van der Waals surface area contributed by atoms with Crippen LogP contribution in [0.4, 0.5) is 0 Å². The highest BCUT2D eigenvalue weighted by atomic mass is 16.7. The van der Waals surface area contributed by atoms with E-state index in [1.54, 1.807) is 6.07 Å². The highest BCUT2D eigenvalue weighted by Gasteiger charge is 2.47. The van der Waals surface area contributed by atoms with Gasteiger partial charge in [-0.2, -0.15) is 0 Å². The van der Waals surface area contributed by atoms with Crippen molar-refractivity contribution < 1.29 is 74.1 Å². The van der Waals surface area contributed by atoms with Crippen LogP contribution >= 0.6 is 0 Å². The quantitative estimate of drug-likeness (QED) is 0.185. The molecule has 5 rings (SSSR count). The number of carbonyl (C=O) groups is 1. The van der Waals surface area contributed by atoms with E-state index in [0.29, 0.717) is 5.56 Å². The number of phenolic OH excluding ortho intramolecular Hbond substituents is 2. The number of benzene rings is 2. The molecule has 2 fully saturated rings. The van der Waals surface area contributed by atoms with Crippen LogP contribution in [0.15, 0.2) is 30.3 Å². The number of Topliss-reactive ketones (excluding diaryl/α,β-unsaturated/α-hetero) is 1. The summed E-state index contributed by atoms with van der Waals surface area (Å²) >= 11 is 0. The van der Waals surface area contributed by atoms with E-state index in [1.807, 2.05) is 0 Å². The van der Waals surface area contributed by atoms with E-state index in [9.17, 15) is 45.6 Å². The lowest BCUT2D eigenvalue weighted by atomic mass is 9.95. The second-order valence-corrected chi connectivity index (χ2v) is 10.6. The number of hydrogen-bond donors (Lipinski definition) is 8. The Bertz CT molecular complexity index is 1320. The number of phenols is 2. The SMILES string of the molecule is COc1cc([C@H]2CC(=O)c3c(O)cc(O[C@@H]4O[C@H](CO[C@@H]5O[C@H](C)[C@@H](O)[C@H](O)[C@@H]5O)[C@@H](O)[C@H](O)[C@H]4O)cc3O2)ccc1O. The Morgan fingerprint density at radius 1 is 0.837 bits per heavy atom. The maximum atomic E-state index is 12.9. The van der Waals surface area contributed by atoms with Gasteiger partial charge in [0, 0.05) is 12.1 Å². The molecule has 0 radical (unpaired) electrons. The molecule has 2 saturated heterocycles. The fourth-order valence-corrected chi connectivity index (χ4v) is 5.19. The van der Waals surface area contributed by atoms with Gasteiger partial charge in [-0.25, -0.2) is 0 Å². The lowest BCUT2D eigenvalue weighted by Crippen LogP contribution is -2.61. The fraction of sp³-hybridized carbons (Fsp3) is 0.536. The number of hydrogen-bond acceptors (Lipinski definition) is 15. The lowest BCUT2D eigenvalue weighted by Gasteiger charge is -2.42. The normalized spacial score (nSPS) is 36.0. The van der Waals surface area contributed by atoms with E-state index >= 15 is 0 Å². The minimum absolute atomic E-state index is 0.0349. The molecule has 11 atom stereocenters. The average Bonchev–Trinajstić information content (AvgIpc) is 2.97. The third kappa shape index (κ3) is 6.08. The number of aliphatic hydroxyl groups excluding tert-OH is 6. The van der Waals surface area contributed by atoms with Crippen molar-refractivity contribution >= 4 is 5.78 Å². The predicted octanol–water partition coefficient (Wildman–Crippen LogP) is -1.16. The summed E-state index contributed by atoms with van der Waals surface area (Å²) in [6.45, 7) is 0.966. The molecule has 0 spiro atoms. The zero-order chi connectivity index (χ0) is 31.2. The number of ketones is 1. The standard InChI is InChI=1S/C28H34O15/c1-10-21(32)23(34)25(36)27(40-10)39-9-19-22(33)24(35)26(37)28(43-19)41-12-6-14(30)20-15(31)8-16(42-18(20)7-12)11-3-4-13(29)17(5-11)38-2/h3-7,10,16,19,21-30,32-37H,8-9H2,1-2H3/t10-,16-,19-,21-,22-,23+,24+,25+,26-,27-,28-/m1/s1. The van der Waals surface area contributed by atoms with Gasteiger partial charge >= 0.3 is 0 Å². The van der Waals surface area contributed by atoms with Crippen molar-refractivity contribution in [3.8, 4) is 28.7 Å². The lowest BCUT2D eigenvalue weighted by molar-refractivity contribution is -0.318. The van der Waals surface area contributed by atoms with Crippen LogP contribution in [-0.2, 0) is 14.2 Å². The van der Waals surface area contributed by atoms with Gasteiger partial charge in [-0.1, -0.05) is 6.07 Å². The van der Waals surface area contributed by atoms with Gasteiger partial charge in [0.25, 0.3) is 0 Å². The van der Waals surface area contributed by atoms with Gasteiger partial charge in [0.05, 0.1) is 26.2 Å². The van der Waals surface area contributed by atoms with Crippen LogP contribution in [0.1, 0.15) is 35.4 Å². The molecule has 2 aromatic rings. The molecule has 0 bridgehead atoms. The first-order valence-electron chi connectivity index (χ1n) is 13.5. The summed E-state index contributed by atoms with van der Waals surface area (Å²) < 4.78 is 33.3. The van der Waals surface area contributed by atoms with Gasteiger partial charge in [0.15, 0.2) is 23.6 Å². The van der Waals surface area contributed by atoms with Crippen molar-refractivity contribution in [2.24, 2.45) is 0 Å². The molecule has 2 aromatic carbocycles. The van der Waals surface area contributed by atoms with Crippen LogP contribution in [-0.4, -0.2) is 122 Å². The first-order valence-corrected chi connectivity index (χ1v) is 13.5. The summed E-state index contributed by atoms with van der Waals surface area (Å²) in [4.78, 5) is 12.9. The Kier molecular flexibility index (Phi) is 8.99. The van der Waals surface area contributed by atoms with E-state index < -0.39 is 85.7 Å². The van der Waals surface area contributed by atoms with Crippen molar-refractivity contribution in [3.63, 3.8) is 0 Å². The van der Waals surface area contributed by atoms with Gasteiger partial charge in [0.1, 0.15) is 71.6 Å². The molecule has 0 unspecified atom stereocenters. The third-order valence-corrected chi connectivity index (χ3v) is 7.70. The van der Waals surface area contributed by atoms with Gasteiger partial charge in [0.2, 0.25) is 6.29 Å². The Balaban J connectivity index is 1.31. The predicted molar refractivity (Wildman–Crippen MR) is 141 cm³/mol. The molecule has 0 amide bonds. The molecule has 8 N–H and O–H groups in total. The Morgan fingerprint density at radius 3 is 2.26 bits per heavy atom. The number of carbonyl (C=O) groups excluding carboxylic acids is 1. The molecule has 0 aromatic heterocycles. The minimum atomic E-state index is -1.77. The molecule has 3 heterocycles. The smallest absolute Gasteiger partial charge is 0.229 e. The second-order valence-electron chi connectivity index (χ2n) is 10.6. The van der Waals surface area contributed by atoms with Crippen LogP contribution in [0.5, 0.6) is 28.7 Å². The van der Waals surface area contributed by atoms with E-state index in [1.165, 1.54) is 32.2 Å². The molecule has 3 aliphatic rings. The van der Waals surface area contributed by atoms with Crippen LogP contribution in [0.3, 0.4) is 0 Å². The van der Waals surface area contributed by atoms with Gasteiger partial charge in [-0.3, -0.25) is 4.79 Å². The Hall–Kier alpha value is -3.25. The van der Waals surface area contributed by atoms with Crippen LogP contribution < -0.4 is 14.2 Å². The summed E-state index contributed by atoms with van der Waals surface area (Å²) in [5.74, 6) is -0.966. The molecule has 43 heavy (non-hydrogen) atoms. The second kappa shape index (κ2) is 12.4. The van der Waals surface area contributed by atoms with Crippen LogP contribution in [0, 0.1) is 0 Å². The summed E-state index contributed by atoms with van der Waals surface area (Å²) in [5.41, 5.74) is 0.433. The third-order valence-electron chi connectivity index (χ3n) is 7.70. The summed E-state index contributed by atoms with van der Waals surface area (Å²) in [6, 6.07) is 6.85. The summed E-state index contributed by atoms with van der Waals surface area (Å²) in [6.07, 6.45) is -15.9. The topological polar surface area (TPSA) is 234 Å². The Labute approximate surface area is 245 Å². The maximum Gasteiger partial charge on any atom is 0.229 e. The van der Waals surface area contributed by atoms with Crippen molar-refractivity contribution in [3.05, 3.63) is 41.5 Å². The number of aliphatic hydroxyl groups is 6. The van der Waals surface area contributed by atoms with Crippen molar-refractivity contribution in [1.29, 1.82) is 0 Å².